The van der Waals surface area contributed by atoms with E-state index in [9.17, 15) is 9.59 Å². The lowest BCUT2D eigenvalue weighted by Crippen LogP contribution is -2.21. The summed E-state index contributed by atoms with van der Waals surface area (Å²) in [7, 11) is 2.12. The Labute approximate surface area is 222 Å². The molecule has 2 unspecified atom stereocenters. The molecule has 1 aromatic carbocycles. The molecule has 0 aliphatic heterocycles. The predicted octanol–water partition coefficient (Wildman–Crippen LogP) is 6.71. The van der Waals surface area contributed by atoms with Gasteiger partial charge in [-0.3, -0.25) is 9.59 Å². The van der Waals surface area contributed by atoms with E-state index in [-0.39, 0.29) is 29.1 Å². The number of hydrogen-bond donors (Lipinski definition) is 0. The maximum atomic E-state index is 13.0. The zero-order chi connectivity index (χ0) is 24.8. The fourth-order valence-corrected chi connectivity index (χ4v) is 9.16. The van der Waals surface area contributed by atoms with Crippen molar-refractivity contribution in [3.8, 4) is 10.4 Å². The van der Waals surface area contributed by atoms with Crippen LogP contribution in [0.15, 0.2) is 41.5 Å². The monoisotopic (exact) mass is 541 g/mol. The first-order chi connectivity index (χ1) is 18.1. The van der Waals surface area contributed by atoms with Gasteiger partial charge < -0.3 is 4.57 Å². The summed E-state index contributed by atoms with van der Waals surface area (Å²) >= 11 is 4.65. The summed E-state index contributed by atoms with van der Waals surface area (Å²) in [5, 5.41) is 1.28. The number of nitrogens with zero attached hydrogens (tertiary/aromatic N) is 5. The third-order valence-electron chi connectivity index (χ3n) is 7.85. The number of pyridine rings is 1. The van der Waals surface area contributed by atoms with Crippen LogP contribution in [-0.2, 0) is 16.6 Å². The summed E-state index contributed by atoms with van der Waals surface area (Å²) in [6.07, 6.45) is 5.28. The summed E-state index contributed by atoms with van der Waals surface area (Å²) in [5.41, 5.74) is 4.62. The molecule has 37 heavy (non-hydrogen) atoms. The molecule has 2 aliphatic carbocycles. The van der Waals surface area contributed by atoms with E-state index in [1.54, 1.807) is 17.5 Å². The number of thiophene rings is 2. The number of carbonyl (C=O) groups excluding carboxylic acids is 2. The number of aliphatic imine (C=N–C) groups is 1. The average Bonchev–Trinajstić information content (AvgIpc) is 3.72. The molecule has 182 valence electrons. The lowest BCUT2D eigenvalue weighted by molar-refractivity contribution is -0.120. The van der Waals surface area contributed by atoms with Crippen molar-refractivity contribution in [2.45, 2.75) is 25.7 Å². The molecule has 0 radical (unpaired) electrons. The molecular formula is C27H19N5O2S3. The minimum Gasteiger partial charge on any atom is -0.342 e. The second-order valence-electron chi connectivity index (χ2n) is 9.80. The highest BCUT2D eigenvalue weighted by Gasteiger charge is 2.47. The van der Waals surface area contributed by atoms with Crippen LogP contribution in [0.4, 0.5) is 5.82 Å². The van der Waals surface area contributed by atoms with E-state index in [1.165, 1.54) is 30.5 Å². The number of rotatable bonds is 2. The molecule has 8 rings (SSSR count). The summed E-state index contributed by atoms with van der Waals surface area (Å²) in [6, 6.07) is 10.7. The van der Waals surface area contributed by atoms with Crippen LogP contribution in [0, 0.1) is 11.8 Å². The van der Waals surface area contributed by atoms with E-state index < -0.39 is 0 Å². The van der Waals surface area contributed by atoms with Gasteiger partial charge in [0.05, 0.1) is 32.2 Å². The number of aryl methyl sites for hydroxylation is 1. The van der Waals surface area contributed by atoms with Gasteiger partial charge in [-0.25, -0.2) is 9.98 Å². The van der Waals surface area contributed by atoms with Crippen LogP contribution in [0.3, 0.4) is 0 Å². The Hall–Kier alpha value is -3.34. The van der Waals surface area contributed by atoms with Crippen LogP contribution in [0.5, 0.6) is 0 Å². The van der Waals surface area contributed by atoms with Gasteiger partial charge >= 0.3 is 0 Å². The fraction of sp³-hybridized carbons (Fsp3) is 0.259. The van der Waals surface area contributed by atoms with Gasteiger partial charge in [-0.15, -0.1) is 22.7 Å². The second kappa shape index (κ2) is 7.83. The lowest BCUT2D eigenvalue weighted by atomic mass is 9.81. The molecule has 10 heteroatoms. The normalized spacial score (nSPS) is 20.2. The van der Waals surface area contributed by atoms with E-state index in [0.29, 0.717) is 16.9 Å². The van der Waals surface area contributed by atoms with Gasteiger partial charge in [0.25, 0.3) is 0 Å². The quantitative estimate of drug-likeness (QED) is 0.243. The Bertz CT molecular complexity index is 1950. The molecule has 0 spiro atoms. The van der Waals surface area contributed by atoms with Crippen LogP contribution in [0.2, 0.25) is 0 Å². The van der Waals surface area contributed by atoms with Gasteiger partial charge in [0, 0.05) is 45.6 Å². The van der Waals surface area contributed by atoms with Crippen LogP contribution in [-0.4, -0.2) is 35.6 Å². The molecule has 0 bridgehead atoms. The number of aromatic nitrogens is 4. The van der Waals surface area contributed by atoms with Gasteiger partial charge in [0.15, 0.2) is 23.1 Å². The van der Waals surface area contributed by atoms with Crippen molar-refractivity contribution in [3.63, 3.8) is 0 Å². The number of benzene rings is 1. The largest absolute Gasteiger partial charge is 0.342 e. The lowest BCUT2D eigenvalue weighted by Gasteiger charge is -2.20. The van der Waals surface area contributed by atoms with Crippen molar-refractivity contribution in [1.82, 2.24) is 18.3 Å². The zero-order valence-electron chi connectivity index (χ0n) is 19.7. The summed E-state index contributed by atoms with van der Waals surface area (Å²) in [4.78, 5) is 36.1. The Kier molecular flexibility index (Phi) is 4.60. The Morgan fingerprint density at radius 3 is 2.54 bits per heavy atom. The SMILES string of the molecule is Cn1c2cc(-c3cnc(N=C4C(=O)C5CCCCC5C4=O)c4nsnc34)sc2c2sc3ccccc3c21. The van der Waals surface area contributed by atoms with E-state index in [2.05, 4.69) is 60.7 Å². The van der Waals surface area contributed by atoms with Crippen LogP contribution < -0.4 is 0 Å². The van der Waals surface area contributed by atoms with E-state index in [0.717, 1.165) is 47.9 Å². The number of hydrogen-bond acceptors (Lipinski definition) is 9. The summed E-state index contributed by atoms with van der Waals surface area (Å²) in [6.45, 7) is 0. The standard InChI is InChI=1S/C27H19N5O2S3/c1-32-16-10-18(36-25(16)26-22(32)14-8-4-5-9-17(14)35-26)15-11-28-27(20-19(15)30-37-31-20)29-21-23(33)12-6-2-3-7-13(12)24(21)34/h4-5,8-13H,2-3,6-7H2,1H3. The third-order valence-corrected chi connectivity index (χ3v) is 10.9. The van der Waals surface area contributed by atoms with E-state index in [4.69, 9.17) is 0 Å². The molecule has 7 nitrogen and oxygen atoms in total. The first kappa shape index (κ1) is 21.7. The fourth-order valence-electron chi connectivity index (χ4n) is 6.03. The van der Waals surface area contributed by atoms with Crippen molar-refractivity contribution in [2.75, 3.05) is 0 Å². The molecule has 2 aliphatic rings. The molecule has 2 saturated carbocycles. The van der Waals surface area contributed by atoms with Crippen LogP contribution in [0.1, 0.15) is 25.7 Å². The molecule has 6 aromatic rings. The molecule has 0 saturated heterocycles. The van der Waals surface area contributed by atoms with E-state index in [1.807, 2.05) is 11.3 Å². The number of carbonyl (C=O) groups is 2. The smallest absolute Gasteiger partial charge is 0.188 e. The molecule has 0 N–H and O–H groups in total. The summed E-state index contributed by atoms with van der Waals surface area (Å²) < 4.78 is 15.1. The predicted molar refractivity (Wildman–Crippen MR) is 150 cm³/mol. The van der Waals surface area contributed by atoms with Crippen molar-refractivity contribution in [2.24, 2.45) is 23.9 Å². The van der Waals surface area contributed by atoms with Crippen LogP contribution >= 0.6 is 34.4 Å². The van der Waals surface area contributed by atoms with Crippen molar-refractivity contribution < 1.29 is 9.59 Å². The van der Waals surface area contributed by atoms with Gasteiger partial charge in [-0.1, -0.05) is 31.0 Å². The Morgan fingerprint density at radius 2 is 1.73 bits per heavy atom. The highest BCUT2D eigenvalue weighted by atomic mass is 32.1. The van der Waals surface area contributed by atoms with E-state index >= 15 is 0 Å². The summed E-state index contributed by atoms with van der Waals surface area (Å²) in [5.74, 6) is -0.390. The number of fused-ring (bicyclic) bond motifs is 7. The maximum Gasteiger partial charge on any atom is 0.188 e. The number of Topliss-reactive ketones (excluding diaryl/α,β-unsaturated/α-hetero) is 2. The second-order valence-corrected chi connectivity index (χ2v) is 12.4. The molecule has 2 fully saturated rings. The molecule has 5 heterocycles. The van der Waals surface area contributed by atoms with Gasteiger partial charge in [0.2, 0.25) is 0 Å². The van der Waals surface area contributed by atoms with Gasteiger partial charge in [-0.2, -0.15) is 8.75 Å². The molecule has 5 aromatic heterocycles. The highest BCUT2D eigenvalue weighted by molar-refractivity contribution is 7.32. The first-order valence-corrected chi connectivity index (χ1v) is 14.6. The van der Waals surface area contributed by atoms with Crippen molar-refractivity contribution >= 4 is 99.1 Å². The Balaban J connectivity index is 1.26. The van der Waals surface area contributed by atoms with Gasteiger partial charge in [-0.05, 0) is 25.0 Å². The minimum absolute atomic E-state index is 0.0421. The van der Waals surface area contributed by atoms with Crippen molar-refractivity contribution in [1.29, 1.82) is 0 Å². The average molecular weight is 542 g/mol. The number of ketones is 2. The van der Waals surface area contributed by atoms with Gasteiger partial charge in [0.1, 0.15) is 11.0 Å². The Morgan fingerprint density at radius 1 is 0.973 bits per heavy atom. The highest BCUT2D eigenvalue weighted by Crippen LogP contribution is 2.46. The van der Waals surface area contributed by atoms with Crippen LogP contribution in [0.25, 0.3) is 52.0 Å². The van der Waals surface area contributed by atoms with Crippen molar-refractivity contribution in [3.05, 3.63) is 36.5 Å². The first-order valence-electron chi connectivity index (χ1n) is 12.3. The topological polar surface area (TPSA) is 90.1 Å². The maximum absolute atomic E-state index is 13.0. The third kappa shape index (κ3) is 2.97. The minimum atomic E-state index is -0.215. The molecule has 0 amide bonds. The zero-order valence-corrected chi connectivity index (χ0v) is 22.2. The molecular weight excluding hydrogens is 523 g/mol. The molecule has 2 atom stereocenters.